The molecule has 0 aromatic carbocycles. The molecule has 1 rings (SSSR count). The average Bonchev–Trinajstić information content (AvgIpc) is 2.15. The van der Waals surface area contributed by atoms with Crippen LogP contribution in [0.4, 0.5) is 0 Å². The van der Waals surface area contributed by atoms with Crippen molar-refractivity contribution in [3.8, 4) is 6.07 Å². The predicted molar refractivity (Wildman–Crippen MR) is 59.3 cm³/mol. The van der Waals surface area contributed by atoms with Crippen LogP contribution in [0.1, 0.15) is 13.8 Å². The number of likely N-dealkylation sites (tertiary alicyclic amines) is 1. The number of nitrogens with one attached hydrogen (secondary N) is 1. The maximum Gasteiger partial charge on any atom is 0.0821 e. The normalized spacial score (nSPS) is 19.9. The molecule has 0 amide bonds. The molecule has 1 aliphatic heterocycles. The van der Waals surface area contributed by atoms with Crippen molar-refractivity contribution in [2.75, 3.05) is 32.8 Å². The summed E-state index contributed by atoms with van der Waals surface area (Å²) in [5.74, 6) is 0.458. The van der Waals surface area contributed by atoms with E-state index in [1.807, 2.05) is 0 Å². The van der Waals surface area contributed by atoms with Crippen LogP contribution >= 0.6 is 0 Å². The van der Waals surface area contributed by atoms with Crippen molar-refractivity contribution < 1.29 is 5.11 Å². The molecule has 1 unspecified atom stereocenters. The number of hydrogen-bond acceptors (Lipinski definition) is 4. The van der Waals surface area contributed by atoms with Crippen molar-refractivity contribution in [3.05, 3.63) is 0 Å². The third kappa shape index (κ3) is 4.17. The summed E-state index contributed by atoms with van der Waals surface area (Å²) in [5.41, 5.74) is 0. The fraction of sp³-hybridized carbons (Fsp3) is 0.909. The van der Waals surface area contributed by atoms with Gasteiger partial charge >= 0.3 is 0 Å². The number of nitriles is 1. The fourth-order valence-electron chi connectivity index (χ4n) is 1.70. The van der Waals surface area contributed by atoms with Gasteiger partial charge in [-0.05, 0) is 12.5 Å². The highest BCUT2D eigenvalue weighted by Crippen LogP contribution is 2.10. The van der Waals surface area contributed by atoms with Crippen molar-refractivity contribution in [2.24, 2.45) is 11.8 Å². The SMILES string of the molecule is CC(C)CNC1CN(CC(C#N)CO)C1. The minimum Gasteiger partial charge on any atom is -0.395 e. The van der Waals surface area contributed by atoms with Crippen LogP contribution in [-0.2, 0) is 0 Å². The maximum atomic E-state index is 8.87. The molecule has 1 saturated heterocycles. The van der Waals surface area contributed by atoms with E-state index in [4.69, 9.17) is 10.4 Å². The fourth-order valence-corrected chi connectivity index (χ4v) is 1.70. The molecule has 0 aromatic rings. The number of hydrogen-bond donors (Lipinski definition) is 2. The lowest BCUT2D eigenvalue weighted by atomic mass is 10.0. The first-order valence-corrected chi connectivity index (χ1v) is 5.62. The van der Waals surface area contributed by atoms with Crippen LogP contribution in [0.3, 0.4) is 0 Å². The van der Waals surface area contributed by atoms with E-state index in [-0.39, 0.29) is 12.5 Å². The highest BCUT2D eigenvalue weighted by atomic mass is 16.3. The molecule has 1 atom stereocenters. The molecule has 0 aromatic heterocycles. The first-order chi connectivity index (χ1) is 7.15. The maximum absolute atomic E-state index is 8.87. The largest absolute Gasteiger partial charge is 0.395 e. The number of rotatable bonds is 6. The Bertz CT molecular complexity index is 218. The Hall–Kier alpha value is -0.630. The van der Waals surface area contributed by atoms with Gasteiger partial charge in [-0.2, -0.15) is 5.26 Å². The summed E-state index contributed by atoms with van der Waals surface area (Å²) in [6.07, 6.45) is 0. The zero-order valence-corrected chi connectivity index (χ0v) is 9.61. The molecule has 0 radical (unpaired) electrons. The van der Waals surface area contributed by atoms with Gasteiger partial charge < -0.3 is 10.4 Å². The second-order valence-electron chi connectivity index (χ2n) is 4.73. The summed E-state index contributed by atoms with van der Waals surface area (Å²) in [4.78, 5) is 2.21. The van der Waals surface area contributed by atoms with Crippen molar-refractivity contribution in [3.63, 3.8) is 0 Å². The van der Waals surface area contributed by atoms with Crippen LogP contribution in [-0.4, -0.2) is 48.8 Å². The van der Waals surface area contributed by atoms with Crippen molar-refractivity contribution in [1.82, 2.24) is 10.2 Å². The van der Waals surface area contributed by atoms with Crippen LogP contribution in [0.5, 0.6) is 0 Å². The molecular weight excluding hydrogens is 190 g/mol. The molecule has 86 valence electrons. The van der Waals surface area contributed by atoms with Crippen LogP contribution in [0.2, 0.25) is 0 Å². The Balaban J connectivity index is 2.07. The summed E-state index contributed by atoms with van der Waals surface area (Å²) < 4.78 is 0. The molecule has 4 nitrogen and oxygen atoms in total. The van der Waals surface area contributed by atoms with Crippen molar-refractivity contribution in [1.29, 1.82) is 5.26 Å². The number of aliphatic hydroxyl groups is 1. The van der Waals surface area contributed by atoms with Gasteiger partial charge in [0.2, 0.25) is 0 Å². The quantitative estimate of drug-likeness (QED) is 0.651. The van der Waals surface area contributed by atoms with E-state index in [0.29, 0.717) is 18.5 Å². The molecule has 0 bridgehead atoms. The molecule has 15 heavy (non-hydrogen) atoms. The van der Waals surface area contributed by atoms with E-state index in [1.54, 1.807) is 0 Å². The zero-order valence-electron chi connectivity index (χ0n) is 9.61. The molecule has 4 heteroatoms. The molecule has 1 aliphatic rings. The third-order valence-corrected chi connectivity index (χ3v) is 2.65. The summed E-state index contributed by atoms with van der Waals surface area (Å²) in [5, 5.41) is 21.0. The smallest absolute Gasteiger partial charge is 0.0821 e. The van der Waals surface area contributed by atoms with Gasteiger partial charge in [-0.1, -0.05) is 13.8 Å². The highest BCUT2D eigenvalue weighted by molar-refractivity contribution is 4.91. The molecular formula is C11H21N3O. The lowest BCUT2D eigenvalue weighted by Gasteiger charge is -2.40. The van der Waals surface area contributed by atoms with E-state index >= 15 is 0 Å². The summed E-state index contributed by atoms with van der Waals surface area (Å²) in [6.45, 7) is 8.13. The topological polar surface area (TPSA) is 59.3 Å². The van der Waals surface area contributed by atoms with Crippen LogP contribution in [0.15, 0.2) is 0 Å². The van der Waals surface area contributed by atoms with E-state index in [0.717, 1.165) is 19.6 Å². The van der Waals surface area contributed by atoms with Crippen molar-refractivity contribution in [2.45, 2.75) is 19.9 Å². The lowest BCUT2D eigenvalue weighted by Crippen LogP contribution is -2.59. The lowest BCUT2D eigenvalue weighted by molar-refractivity contribution is 0.0981. The third-order valence-electron chi connectivity index (χ3n) is 2.65. The molecule has 0 spiro atoms. The van der Waals surface area contributed by atoms with Gasteiger partial charge in [0, 0.05) is 25.7 Å². The Morgan fingerprint density at radius 2 is 2.20 bits per heavy atom. The standard InChI is InChI=1S/C11H21N3O/c1-9(2)4-13-11-6-14(7-11)5-10(3-12)8-15/h9-11,13,15H,4-8H2,1-2H3. The molecule has 0 aliphatic carbocycles. The van der Waals surface area contributed by atoms with Gasteiger partial charge in [0.1, 0.15) is 0 Å². The van der Waals surface area contributed by atoms with E-state index in [1.165, 1.54) is 0 Å². The summed E-state index contributed by atoms with van der Waals surface area (Å²) >= 11 is 0. The first-order valence-electron chi connectivity index (χ1n) is 5.62. The van der Waals surface area contributed by atoms with E-state index in [2.05, 4.69) is 30.1 Å². The molecule has 1 fully saturated rings. The Kier molecular flexibility index (Phi) is 5.03. The van der Waals surface area contributed by atoms with Gasteiger partial charge in [-0.3, -0.25) is 4.90 Å². The predicted octanol–water partition coefficient (Wildman–Crippen LogP) is 0.0483. The zero-order chi connectivity index (χ0) is 11.3. The second-order valence-corrected chi connectivity index (χ2v) is 4.73. The van der Waals surface area contributed by atoms with Gasteiger partial charge in [-0.15, -0.1) is 0 Å². The minimum absolute atomic E-state index is 0.0307. The van der Waals surface area contributed by atoms with Gasteiger partial charge in [0.25, 0.3) is 0 Å². The molecule has 2 N–H and O–H groups in total. The van der Waals surface area contributed by atoms with Crippen LogP contribution in [0, 0.1) is 23.2 Å². The Labute approximate surface area is 91.9 Å². The van der Waals surface area contributed by atoms with E-state index in [9.17, 15) is 0 Å². The van der Waals surface area contributed by atoms with E-state index < -0.39 is 0 Å². The number of aliphatic hydroxyl groups excluding tert-OH is 1. The van der Waals surface area contributed by atoms with Crippen LogP contribution in [0.25, 0.3) is 0 Å². The Morgan fingerprint density at radius 1 is 1.53 bits per heavy atom. The minimum atomic E-state index is -0.226. The van der Waals surface area contributed by atoms with Crippen LogP contribution < -0.4 is 5.32 Å². The summed E-state index contributed by atoms with van der Waals surface area (Å²) in [7, 11) is 0. The first kappa shape index (κ1) is 12.4. The molecule has 1 heterocycles. The van der Waals surface area contributed by atoms with Gasteiger partial charge in [0.05, 0.1) is 18.6 Å². The van der Waals surface area contributed by atoms with Crippen molar-refractivity contribution >= 4 is 0 Å². The summed E-state index contributed by atoms with van der Waals surface area (Å²) in [6, 6.07) is 2.68. The number of nitrogens with zero attached hydrogens (tertiary/aromatic N) is 2. The average molecular weight is 211 g/mol. The van der Waals surface area contributed by atoms with Gasteiger partial charge in [0.15, 0.2) is 0 Å². The highest BCUT2D eigenvalue weighted by Gasteiger charge is 2.27. The second kappa shape index (κ2) is 6.06. The Morgan fingerprint density at radius 3 is 2.67 bits per heavy atom. The monoisotopic (exact) mass is 211 g/mol. The van der Waals surface area contributed by atoms with Gasteiger partial charge in [-0.25, -0.2) is 0 Å². The molecule has 0 saturated carbocycles.